The minimum Gasteiger partial charge on any atom is -0.368 e. The van der Waals surface area contributed by atoms with E-state index in [9.17, 15) is 9.18 Å². The molecule has 132 valence electrons. The zero-order chi connectivity index (χ0) is 18.4. The Morgan fingerprint density at radius 1 is 1.04 bits per heavy atom. The summed E-state index contributed by atoms with van der Waals surface area (Å²) in [5, 5.41) is 6.31. The molecule has 0 unspecified atom stereocenters. The number of nitrogens with zero attached hydrogens (tertiary/aromatic N) is 2. The summed E-state index contributed by atoms with van der Waals surface area (Å²) >= 11 is 5.85. The number of halogens is 2. The minimum absolute atomic E-state index is 0.101. The van der Waals surface area contributed by atoms with Crippen LogP contribution in [0.3, 0.4) is 0 Å². The molecular weight excluding hydrogens is 355 g/mol. The van der Waals surface area contributed by atoms with Gasteiger partial charge in [-0.15, -0.1) is 0 Å². The Morgan fingerprint density at radius 3 is 2.50 bits per heavy atom. The molecule has 0 spiro atoms. The third-order valence-electron chi connectivity index (χ3n) is 3.64. The van der Waals surface area contributed by atoms with Crippen molar-refractivity contribution in [1.82, 2.24) is 9.97 Å². The van der Waals surface area contributed by atoms with E-state index in [1.807, 2.05) is 24.3 Å². The quantitative estimate of drug-likeness (QED) is 0.683. The average molecular weight is 371 g/mol. The molecule has 0 aliphatic carbocycles. The molecular formula is C19H16ClFN4O. The van der Waals surface area contributed by atoms with E-state index in [1.54, 1.807) is 12.1 Å². The SMILES string of the molecule is O=C(Nc1ccccc1F)c1cnc(NCCc2ccc(Cl)cc2)cn1. The van der Waals surface area contributed by atoms with Crippen molar-refractivity contribution in [3.63, 3.8) is 0 Å². The molecule has 0 saturated carbocycles. The Bertz CT molecular complexity index is 885. The summed E-state index contributed by atoms with van der Waals surface area (Å²) in [5.41, 5.74) is 1.36. The fourth-order valence-corrected chi connectivity index (χ4v) is 2.40. The van der Waals surface area contributed by atoms with Crippen molar-refractivity contribution in [2.24, 2.45) is 0 Å². The van der Waals surface area contributed by atoms with Gasteiger partial charge in [-0.05, 0) is 36.2 Å². The van der Waals surface area contributed by atoms with Crippen LogP contribution in [0, 0.1) is 5.82 Å². The Hall–Kier alpha value is -2.99. The van der Waals surface area contributed by atoms with Gasteiger partial charge in [0.2, 0.25) is 0 Å². The normalized spacial score (nSPS) is 10.4. The van der Waals surface area contributed by atoms with Crippen LogP contribution < -0.4 is 10.6 Å². The van der Waals surface area contributed by atoms with Gasteiger partial charge in [-0.1, -0.05) is 35.9 Å². The van der Waals surface area contributed by atoms with Crippen molar-refractivity contribution in [3.05, 3.63) is 83.0 Å². The highest BCUT2D eigenvalue weighted by molar-refractivity contribution is 6.30. The molecule has 5 nitrogen and oxygen atoms in total. The summed E-state index contributed by atoms with van der Waals surface area (Å²) in [5.74, 6) is -0.467. The Labute approximate surface area is 155 Å². The summed E-state index contributed by atoms with van der Waals surface area (Å²) in [6.07, 6.45) is 3.62. The van der Waals surface area contributed by atoms with Crippen LogP contribution in [0.2, 0.25) is 5.02 Å². The second kappa shape index (κ2) is 8.40. The number of nitrogens with one attached hydrogen (secondary N) is 2. The third kappa shape index (κ3) is 4.77. The van der Waals surface area contributed by atoms with E-state index >= 15 is 0 Å². The number of carbonyl (C=O) groups is 1. The maximum atomic E-state index is 13.6. The molecule has 0 saturated heterocycles. The van der Waals surface area contributed by atoms with E-state index in [2.05, 4.69) is 20.6 Å². The summed E-state index contributed by atoms with van der Waals surface area (Å²) in [4.78, 5) is 20.3. The van der Waals surface area contributed by atoms with Crippen LogP contribution in [-0.2, 0) is 6.42 Å². The Balaban J connectivity index is 1.53. The smallest absolute Gasteiger partial charge is 0.275 e. The Morgan fingerprint density at radius 2 is 1.81 bits per heavy atom. The van der Waals surface area contributed by atoms with E-state index in [0.29, 0.717) is 17.4 Å². The van der Waals surface area contributed by atoms with Crippen molar-refractivity contribution in [1.29, 1.82) is 0 Å². The summed E-state index contributed by atoms with van der Waals surface area (Å²) < 4.78 is 13.6. The molecule has 1 heterocycles. The molecule has 0 aliphatic rings. The molecule has 2 aromatic carbocycles. The lowest BCUT2D eigenvalue weighted by molar-refractivity contribution is 0.102. The molecule has 26 heavy (non-hydrogen) atoms. The number of amides is 1. The van der Waals surface area contributed by atoms with E-state index < -0.39 is 11.7 Å². The first-order chi connectivity index (χ1) is 12.6. The number of benzene rings is 2. The van der Waals surface area contributed by atoms with Crippen LogP contribution in [0.4, 0.5) is 15.9 Å². The maximum Gasteiger partial charge on any atom is 0.275 e. The second-order valence-corrected chi connectivity index (χ2v) is 5.96. The second-order valence-electron chi connectivity index (χ2n) is 5.52. The molecule has 7 heteroatoms. The predicted octanol–water partition coefficient (Wildman–Crippen LogP) is 4.18. The lowest BCUT2D eigenvalue weighted by Crippen LogP contribution is -2.15. The number of anilines is 2. The van der Waals surface area contributed by atoms with Gasteiger partial charge in [0.05, 0.1) is 18.1 Å². The molecule has 3 aromatic rings. The van der Waals surface area contributed by atoms with Gasteiger partial charge in [-0.2, -0.15) is 0 Å². The molecule has 0 fully saturated rings. The van der Waals surface area contributed by atoms with Crippen molar-refractivity contribution in [3.8, 4) is 0 Å². The first-order valence-corrected chi connectivity index (χ1v) is 8.36. The first-order valence-electron chi connectivity index (χ1n) is 7.98. The van der Waals surface area contributed by atoms with E-state index in [0.717, 1.165) is 12.0 Å². The number of aromatic nitrogens is 2. The van der Waals surface area contributed by atoms with Crippen molar-refractivity contribution in [2.75, 3.05) is 17.2 Å². The van der Waals surface area contributed by atoms with Gasteiger partial charge in [-0.3, -0.25) is 4.79 Å². The van der Waals surface area contributed by atoms with Crippen molar-refractivity contribution in [2.45, 2.75) is 6.42 Å². The first kappa shape index (κ1) is 17.8. The van der Waals surface area contributed by atoms with Gasteiger partial charge in [0.1, 0.15) is 17.3 Å². The van der Waals surface area contributed by atoms with Gasteiger partial charge < -0.3 is 10.6 Å². The number of hydrogen-bond acceptors (Lipinski definition) is 4. The summed E-state index contributed by atoms with van der Waals surface area (Å²) in [6, 6.07) is 13.6. The molecule has 0 radical (unpaired) electrons. The van der Waals surface area contributed by atoms with Crippen LogP contribution in [0.5, 0.6) is 0 Å². The van der Waals surface area contributed by atoms with Crippen molar-refractivity contribution < 1.29 is 9.18 Å². The van der Waals surface area contributed by atoms with Gasteiger partial charge in [0, 0.05) is 11.6 Å². The molecule has 3 rings (SSSR count). The summed E-state index contributed by atoms with van der Waals surface area (Å²) in [6.45, 7) is 0.664. The van der Waals surface area contributed by atoms with Crippen LogP contribution >= 0.6 is 11.6 Å². The fourth-order valence-electron chi connectivity index (χ4n) is 2.27. The third-order valence-corrected chi connectivity index (χ3v) is 3.89. The van der Waals surface area contributed by atoms with Crippen LogP contribution in [0.25, 0.3) is 0 Å². The van der Waals surface area contributed by atoms with Gasteiger partial charge >= 0.3 is 0 Å². The fraction of sp³-hybridized carbons (Fsp3) is 0.105. The number of para-hydroxylation sites is 1. The molecule has 0 bridgehead atoms. The highest BCUT2D eigenvalue weighted by atomic mass is 35.5. The zero-order valence-corrected chi connectivity index (χ0v) is 14.5. The highest BCUT2D eigenvalue weighted by Crippen LogP contribution is 2.14. The van der Waals surface area contributed by atoms with Crippen LogP contribution in [-0.4, -0.2) is 22.4 Å². The molecule has 1 amide bonds. The highest BCUT2D eigenvalue weighted by Gasteiger charge is 2.10. The lowest BCUT2D eigenvalue weighted by Gasteiger charge is -2.07. The molecule has 1 aromatic heterocycles. The minimum atomic E-state index is -0.518. The predicted molar refractivity (Wildman–Crippen MR) is 100 cm³/mol. The molecule has 0 aliphatic heterocycles. The van der Waals surface area contributed by atoms with Gasteiger partial charge in [0.15, 0.2) is 0 Å². The topological polar surface area (TPSA) is 66.9 Å². The number of carbonyl (C=O) groups excluding carboxylic acids is 1. The lowest BCUT2D eigenvalue weighted by atomic mass is 10.1. The van der Waals surface area contributed by atoms with Crippen molar-refractivity contribution >= 4 is 29.0 Å². The number of hydrogen-bond donors (Lipinski definition) is 2. The monoisotopic (exact) mass is 370 g/mol. The number of rotatable bonds is 6. The standard InChI is InChI=1S/C19H16ClFN4O/c20-14-7-5-13(6-8-14)9-10-22-18-12-23-17(11-24-18)19(26)25-16-4-2-1-3-15(16)21/h1-8,11-12H,9-10H2,(H,22,24)(H,25,26). The largest absolute Gasteiger partial charge is 0.368 e. The van der Waals surface area contributed by atoms with E-state index in [1.165, 1.54) is 24.5 Å². The van der Waals surface area contributed by atoms with Gasteiger partial charge in [0.25, 0.3) is 5.91 Å². The average Bonchev–Trinajstić information content (AvgIpc) is 2.66. The van der Waals surface area contributed by atoms with E-state index in [-0.39, 0.29) is 11.4 Å². The summed E-state index contributed by atoms with van der Waals surface area (Å²) in [7, 11) is 0. The molecule has 0 atom stereocenters. The van der Waals surface area contributed by atoms with Gasteiger partial charge in [-0.25, -0.2) is 14.4 Å². The maximum absolute atomic E-state index is 13.6. The van der Waals surface area contributed by atoms with Crippen LogP contribution in [0.15, 0.2) is 60.9 Å². The zero-order valence-electron chi connectivity index (χ0n) is 13.7. The van der Waals surface area contributed by atoms with Crippen LogP contribution in [0.1, 0.15) is 16.1 Å². The van der Waals surface area contributed by atoms with E-state index in [4.69, 9.17) is 11.6 Å². The molecule has 2 N–H and O–H groups in total. The Kier molecular flexibility index (Phi) is 5.76.